The zero-order chi connectivity index (χ0) is 9.23. The lowest BCUT2D eigenvalue weighted by molar-refractivity contribution is -0.136. The molecule has 0 amide bonds. The van der Waals surface area contributed by atoms with Crippen LogP contribution in [0.15, 0.2) is 0 Å². The van der Waals surface area contributed by atoms with E-state index in [1.807, 2.05) is 0 Å². The average Bonchev–Trinajstić information content (AvgIpc) is 2.02. The molecule has 0 saturated heterocycles. The summed E-state index contributed by atoms with van der Waals surface area (Å²) in [6.07, 6.45) is 0.125. The number of aliphatic carboxylic acids is 1. The molecule has 0 fully saturated rings. The number of carboxylic acid groups (broad SMARTS) is 1. The monoisotopic (exact) mass is 177 g/mol. The lowest BCUT2D eigenvalue weighted by Crippen LogP contribution is -2.23. The van der Waals surface area contributed by atoms with E-state index in [2.05, 4.69) is 5.32 Å². The van der Waals surface area contributed by atoms with Gasteiger partial charge in [-0.15, -0.1) is 0 Å². The molecule has 0 atom stereocenters. The summed E-state index contributed by atoms with van der Waals surface area (Å²) >= 11 is 0. The number of aliphatic hydroxyl groups excluding tert-OH is 1. The quantitative estimate of drug-likeness (QED) is 0.417. The number of carbonyl (C=O) groups is 1. The van der Waals surface area contributed by atoms with E-state index in [1.165, 1.54) is 0 Å². The van der Waals surface area contributed by atoms with Crippen molar-refractivity contribution in [3.05, 3.63) is 0 Å². The van der Waals surface area contributed by atoms with Crippen LogP contribution < -0.4 is 5.32 Å². The molecule has 5 nitrogen and oxygen atoms in total. The molecule has 0 radical (unpaired) electrons. The number of hydrogen-bond donors (Lipinski definition) is 3. The van der Waals surface area contributed by atoms with E-state index >= 15 is 0 Å². The van der Waals surface area contributed by atoms with E-state index in [9.17, 15) is 4.79 Å². The SMILES string of the molecule is O=C(O)CCNCCOCCO. The summed E-state index contributed by atoms with van der Waals surface area (Å²) in [4.78, 5) is 10.0. The molecule has 3 N–H and O–H groups in total. The van der Waals surface area contributed by atoms with Crippen LogP contribution in [0.5, 0.6) is 0 Å². The Labute approximate surface area is 71.3 Å². The van der Waals surface area contributed by atoms with Crippen LogP contribution in [0.4, 0.5) is 0 Å². The Morgan fingerprint density at radius 3 is 2.67 bits per heavy atom. The molecular weight excluding hydrogens is 162 g/mol. The number of nitrogens with one attached hydrogen (secondary N) is 1. The lowest BCUT2D eigenvalue weighted by Gasteiger charge is -2.02. The Bertz CT molecular complexity index is 118. The lowest BCUT2D eigenvalue weighted by atomic mass is 10.4. The van der Waals surface area contributed by atoms with E-state index in [-0.39, 0.29) is 13.0 Å². The summed E-state index contributed by atoms with van der Waals surface area (Å²) in [7, 11) is 0. The van der Waals surface area contributed by atoms with Gasteiger partial charge in [-0.1, -0.05) is 0 Å². The number of hydrogen-bond acceptors (Lipinski definition) is 4. The van der Waals surface area contributed by atoms with Gasteiger partial charge in [0.15, 0.2) is 0 Å². The van der Waals surface area contributed by atoms with Gasteiger partial charge in [0.05, 0.1) is 26.2 Å². The van der Waals surface area contributed by atoms with Crippen LogP contribution in [-0.4, -0.2) is 49.1 Å². The van der Waals surface area contributed by atoms with Crippen LogP contribution in [-0.2, 0) is 9.53 Å². The maximum absolute atomic E-state index is 10.0. The molecule has 0 aliphatic rings. The van der Waals surface area contributed by atoms with Gasteiger partial charge in [0.2, 0.25) is 0 Å². The van der Waals surface area contributed by atoms with Gasteiger partial charge < -0.3 is 20.3 Å². The number of rotatable bonds is 8. The zero-order valence-corrected chi connectivity index (χ0v) is 6.95. The van der Waals surface area contributed by atoms with Gasteiger partial charge in [0.1, 0.15) is 0 Å². The van der Waals surface area contributed by atoms with Crippen molar-refractivity contribution in [3.63, 3.8) is 0 Å². The fourth-order valence-electron chi connectivity index (χ4n) is 0.631. The van der Waals surface area contributed by atoms with Crippen molar-refractivity contribution in [2.75, 3.05) is 32.9 Å². The molecule has 12 heavy (non-hydrogen) atoms. The molecule has 0 aromatic rings. The maximum atomic E-state index is 10.0. The Balaban J connectivity index is 2.86. The molecule has 0 aromatic heterocycles. The second kappa shape index (κ2) is 8.45. The summed E-state index contributed by atoms with van der Waals surface area (Å²) in [6.45, 7) is 1.93. The summed E-state index contributed by atoms with van der Waals surface area (Å²) in [5.74, 6) is -0.807. The van der Waals surface area contributed by atoms with Crippen LogP contribution >= 0.6 is 0 Å². The fourth-order valence-corrected chi connectivity index (χ4v) is 0.631. The first-order chi connectivity index (χ1) is 5.77. The van der Waals surface area contributed by atoms with Gasteiger partial charge in [0, 0.05) is 13.1 Å². The molecule has 0 bridgehead atoms. The van der Waals surface area contributed by atoms with E-state index in [0.717, 1.165) is 0 Å². The van der Waals surface area contributed by atoms with E-state index < -0.39 is 5.97 Å². The predicted molar refractivity (Wildman–Crippen MR) is 43.0 cm³/mol. The molecule has 0 unspecified atom stereocenters. The molecular formula is C7H15NO4. The summed E-state index contributed by atoms with van der Waals surface area (Å²) in [5, 5.41) is 19.5. The molecule has 0 heterocycles. The third-order valence-electron chi connectivity index (χ3n) is 1.17. The van der Waals surface area contributed by atoms with Crippen molar-refractivity contribution >= 4 is 5.97 Å². The molecule has 0 rings (SSSR count). The number of aliphatic hydroxyl groups is 1. The highest BCUT2D eigenvalue weighted by atomic mass is 16.5. The minimum atomic E-state index is -0.807. The van der Waals surface area contributed by atoms with Crippen LogP contribution in [0.3, 0.4) is 0 Å². The first-order valence-electron chi connectivity index (χ1n) is 3.88. The van der Waals surface area contributed by atoms with Gasteiger partial charge in [-0.25, -0.2) is 0 Å². The smallest absolute Gasteiger partial charge is 0.304 e. The van der Waals surface area contributed by atoms with Gasteiger partial charge in [-0.3, -0.25) is 4.79 Å². The van der Waals surface area contributed by atoms with Gasteiger partial charge in [-0.2, -0.15) is 0 Å². The molecule has 5 heteroatoms. The standard InChI is InChI=1S/C7H15NO4/c9-4-6-12-5-3-8-2-1-7(10)11/h8-9H,1-6H2,(H,10,11). The zero-order valence-electron chi connectivity index (χ0n) is 6.95. The molecule has 0 saturated carbocycles. The van der Waals surface area contributed by atoms with E-state index in [4.69, 9.17) is 14.9 Å². The summed E-state index contributed by atoms with van der Waals surface area (Å²) in [5.41, 5.74) is 0. The van der Waals surface area contributed by atoms with Crippen molar-refractivity contribution in [1.29, 1.82) is 0 Å². The first kappa shape index (κ1) is 11.4. The van der Waals surface area contributed by atoms with Crippen LogP contribution in [0.25, 0.3) is 0 Å². The Kier molecular flexibility index (Phi) is 7.99. The highest BCUT2D eigenvalue weighted by molar-refractivity contribution is 5.66. The highest BCUT2D eigenvalue weighted by Gasteiger charge is 1.94. The van der Waals surface area contributed by atoms with Crippen molar-refractivity contribution in [1.82, 2.24) is 5.32 Å². The molecule has 0 aromatic carbocycles. The third kappa shape index (κ3) is 9.35. The minimum absolute atomic E-state index is 0.0229. The summed E-state index contributed by atoms with van der Waals surface area (Å²) in [6, 6.07) is 0. The van der Waals surface area contributed by atoms with Crippen molar-refractivity contribution in [2.24, 2.45) is 0 Å². The number of ether oxygens (including phenoxy) is 1. The Hall–Kier alpha value is -0.650. The number of carboxylic acids is 1. The Morgan fingerprint density at radius 1 is 1.33 bits per heavy atom. The normalized spacial score (nSPS) is 10.1. The second-order valence-electron chi connectivity index (χ2n) is 2.23. The average molecular weight is 177 g/mol. The highest BCUT2D eigenvalue weighted by Crippen LogP contribution is 1.75. The Morgan fingerprint density at radius 2 is 2.08 bits per heavy atom. The maximum Gasteiger partial charge on any atom is 0.304 e. The van der Waals surface area contributed by atoms with Crippen molar-refractivity contribution in [3.8, 4) is 0 Å². The molecule has 0 aliphatic carbocycles. The largest absolute Gasteiger partial charge is 0.481 e. The van der Waals surface area contributed by atoms with E-state index in [0.29, 0.717) is 26.3 Å². The van der Waals surface area contributed by atoms with Gasteiger partial charge in [-0.05, 0) is 0 Å². The molecule has 0 aliphatic heterocycles. The summed E-state index contributed by atoms with van der Waals surface area (Å²) < 4.78 is 4.93. The second-order valence-corrected chi connectivity index (χ2v) is 2.23. The molecule has 72 valence electrons. The third-order valence-corrected chi connectivity index (χ3v) is 1.17. The first-order valence-corrected chi connectivity index (χ1v) is 3.88. The van der Waals surface area contributed by atoms with Crippen LogP contribution in [0.1, 0.15) is 6.42 Å². The van der Waals surface area contributed by atoms with Gasteiger partial charge >= 0.3 is 5.97 Å². The predicted octanol–water partition coefficient (Wildman–Crippen LogP) is -0.940. The van der Waals surface area contributed by atoms with E-state index in [1.54, 1.807) is 0 Å². The minimum Gasteiger partial charge on any atom is -0.481 e. The van der Waals surface area contributed by atoms with Crippen molar-refractivity contribution < 1.29 is 19.7 Å². The van der Waals surface area contributed by atoms with Gasteiger partial charge in [0.25, 0.3) is 0 Å². The van der Waals surface area contributed by atoms with Crippen molar-refractivity contribution in [2.45, 2.75) is 6.42 Å². The van der Waals surface area contributed by atoms with Crippen LogP contribution in [0.2, 0.25) is 0 Å². The topological polar surface area (TPSA) is 78.8 Å². The molecule has 0 spiro atoms. The van der Waals surface area contributed by atoms with Crippen LogP contribution in [0, 0.1) is 0 Å². The fraction of sp³-hybridized carbons (Fsp3) is 0.857.